The van der Waals surface area contributed by atoms with Gasteiger partial charge in [0, 0.05) is 18.9 Å². The van der Waals surface area contributed by atoms with Gasteiger partial charge in [0.1, 0.15) is 18.8 Å². The van der Waals surface area contributed by atoms with Crippen LogP contribution < -0.4 is 14.2 Å². The summed E-state index contributed by atoms with van der Waals surface area (Å²) in [7, 11) is 2.87. The van der Waals surface area contributed by atoms with Gasteiger partial charge in [0.25, 0.3) is 5.91 Å². The summed E-state index contributed by atoms with van der Waals surface area (Å²) < 4.78 is 21.8. The average molecular weight is 443 g/mol. The first-order chi connectivity index (χ1) is 15.3. The molecule has 2 atom stereocenters. The zero-order valence-electron chi connectivity index (χ0n) is 18.1. The number of rotatable bonds is 8. The first kappa shape index (κ1) is 22.9. The molecule has 9 heteroatoms. The third-order valence-corrected chi connectivity index (χ3v) is 5.07. The highest BCUT2D eigenvalue weighted by Crippen LogP contribution is 2.40. The predicted molar refractivity (Wildman–Crippen MR) is 113 cm³/mol. The second-order valence-corrected chi connectivity index (χ2v) is 7.26. The van der Waals surface area contributed by atoms with Gasteiger partial charge >= 0.3 is 11.9 Å². The van der Waals surface area contributed by atoms with Crippen molar-refractivity contribution in [3.05, 3.63) is 53.6 Å². The number of aliphatic carboxylic acids is 1. The molecule has 0 radical (unpaired) electrons. The van der Waals surface area contributed by atoms with Gasteiger partial charge in [-0.15, -0.1) is 0 Å². The Morgan fingerprint density at radius 3 is 2.22 bits per heavy atom. The third kappa shape index (κ3) is 5.11. The molecular formula is C23H25NO8. The van der Waals surface area contributed by atoms with Gasteiger partial charge in [-0.05, 0) is 17.7 Å². The smallest absolute Gasteiger partial charge is 0.326 e. The van der Waals surface area contributed by atoms with Crippen molar-refractivity contribution in [2.24, 2.45) is 0 Å². The van der Waals surface area contributed by atoms with Crippen LogP contribution in [0.2, 0.25) is 0 Å². The lowest BCUT2D eigenvalue weighted by Gasteiger charge is -2.22. The van der Waals surface area contributed by atoms with Crippen LogP contribution in [0.5, 0.6) is 17.2 Å². The van der Waals surface area contributed by atoms with E-state index in [1.807, 2.05) is 30.3 Å². The van der Waals surface area contributed by atoms with E-state index in [2.05, 4.69) is 0 Å². The number of hydrogen-bond donors (Lipinski definition) is 1. The van der Waals surface area contributed by atoms with Crippen molar-refractivity contribution in [1.29, 1.82) is 0 Å². The molecule has 2 aromatic carbocycles. The summed E-state index contributed by atoms with van der Waals surface area (Å²) in [4.78, 5) is 37.3. The summed E-state index contributed by atoms with van der Waals surface area (Å²) in [6.07, 6.45) is -0.664. The minimum atomic E-state index is -1.17. The van der Waals surface area contributed by atoms with Crippen LogP contribution in [0.1, 0.15) is 29.3 Å². The van der Waals surface area contributed by atoms with Crippen molar-refractivity contribution >= 4 is 17.8 Å². The summed E-state index contributed by atoms with van der Waals surface area (Å²) in [5, 5.41) is 9.55. The van der Waals surface area contributed by atoms with Crippen LogP contribution in [-0.2, 0) is 20.9 Å². The SMILES string of the molecule is COc1cc(C(=O)N2C[C@H](OC(C)=O)C[C@H]2C(=O)O)cc(OC)c1OCc1ccccc1. The second-order valence-electron chi connectivity index (χ2n) is 7.26. The molecule has 0 unspecified atom stereocenters. The van der Waals surface area contributed by atoms with E-state index in [1.165, 1.54) is 38.2 Å². The first-order valence-corrected chi connectivity index (χ1v) is 9.97. The number of carbonyl (C=O) groups excluding carboxylic acids is 2. The molecule has 0 aromatic heterocycles. The zero-order chi connectivity index (χ0) is 23.3. The molecule has 3 rings (SSSR count). The van der Waals surface area contributed by atoms with Crippen molar-refractivity contribution in [2.75, 3.05) is 20.8 Å². The minimum absolute atomic E-state index is 0.0210. The molecule has 1 N–H and O–H groups in total. The number of carboxylic acid groups (broad SMARTS) is 1. The molecule has 1 aliphatic rings. The van der Waals surface area contributed by atoms with Crippen molar-refractivity contribution in [2.45, 2.75) is 32.1 Å². The summed E-state index contributed by atoms with van der Waals surface area (Å²) >= 11 is 0. The lowest BCUT2D eigenvalue weighted by molar-refractivity contribution is -0.146. The standard InChI is InChI=1S/C23H25NO8/c1-14(25)32-17-11-18(23(27)28)24(12-17)22(26)16-9-19(29-2)21(20(10-16)30-3)31-13-15-7-5-4-6-8-15/h4-10,17-18H,11-13H2,1-3H3,(H,27,28)/t17-,18+/m1/s1. The molecule has 0 aliphatic carbocycles. The molecule has 1 fully saturated rings. The maximum atomic E-state index is 13.2. The number of carboxylic acids is 1. The van der Waals surface area contributed by atoms with E-state index < -0.39 is 30.0 Å². The number of likely N-dealkylation sites (tertiary alicyclic amines) is 1. The summed E-state index contributed by atoms with van der Waals surface area (Å²) in [5.74, 6) is -1.38. The molecule has 1 heterocycles. The molecule has 1 aliphatic heterocycles. The molecule has 0 saturated carbocycles. The van der Waals surface area contributed by atoms with Crippen LogP contribution in [0.3, 0.4) is 0 Å². The van der Waals surface area contributed by atoms with Crippen molar-refractivity contribution < 1.29 is 38.4 Å². The summed E-state index contributed by atoms with van der Waals surface area (Å²) in [6.45, 7) is 1.48. The van der Waals surface area contributed by atoms with Crippen molar-refractivity contribution in [3.8, 4) is 17.2 Å². The minimum Gasteiger partial charge on any atom is -0.493 e. The van der Waals surface area contributed by atoms with Crippen LogP contribution in [0, 0.1) is 0 Å². The number of carbonyl (C=O) groups is 3. The molecule has 2 aromatic rings. The number of esters is 1. The maximum Gasteiger partial charge on any atom is 0.326 e. The first-order valence-electron chi connectivity index (χ1n) is 9.97. The fourth-order valence-corrected chi connectivity index (χ4v) is 3.62. The van der Waals surface area contributed by atoms with Gasteiger partial charge in [0.2, 0.25) is 5.75 Å². The molecule has 0 bridgehead atoms. The number of methoxy groups -OCH3 is 2. The van der Waals surface area contributed by atoms with E-state index in [0.29, 0.717) is 5.75 Å². The van der Waals surface area contributed by atoms with Gasteiger partial charge in [-0.2, -0.15) is 0 Å². The number of amides is 1. The van der Waals surface area contributed by atoms with Crippen LogP contribution in [0.25, 0.3) is 0 Å². The fraction of sp³-hybridized carbons (Fsp3) is 0.348. The highest BCUT2D eigenvalue weighted by molar-refractivity contribution is 5.98. The Morgan fingerprint density at radius 1 is 1.06 bits per heavy atom. The Labute approximate surface area is 185 Å². The van der Waals surface area contributed by atoms with E-state index in [1.54, 1.807) is 0 Å². The Kier molecular flexibility index (Phi) is 7.19. The van der Waals surface area contributed by atoms with Gasteiger partial charge < -0.3 is 29.0 Å². The summed E-state index contributed by atoms with van der Waals surface area (Å²) in [6, 6.07) is 11.4. The Balaban J connectivity index is 1.87. The van der Waals surface area contributed by atoms with Crippen LogP contribution in [0.4, 0.5) is 0 Å². The molecule has 9 nitrogen and oxygen atoms in total. The normalized spacial score (nSPS) is 17.5. The average Bonchev–Trinajstić information content (AvgIpc) is 3.20. The Morgan fingerprint density at radius 2 is 1.69 bits per heavy atom. The maximum absolute atomic E-state index is 13.2. The van der Waals surface area contributed by atoms with Gasteiger partial charge in [0.05, 0.1) is 20.8 Å². The molecule has 1 saturated heterocycles. The van der Waals surface area contributed by atoms with E-state index >= 15 is 0 Å². The predicted octanol–water partition coefficient (Wildman–Crippen LogP) is 2.51. The number of ether oxygens (including phenoxy) is 4. The molecule has 1 amide bonds. The van der Waals surface area contributed by atoms with Gasteiger partial charge in [-0.3, -0.25) is 9.59 Å². The Hall–Kier alpha value is -3.75. The van der Waals surface area contributed by atoms with Crippen molar-refractivity contribution in [1.82, 2.24) is 4.90 Å². The zero-order valence-corrected chi connectivity index (χ0v) is 18.1. The van der Waals surface area contributed by atoms with Crippen LogP contribution >= 0.6 is 0 Å². The summed E-state index contributed by atoms with van der Waals surface area (Å²) in [5.41, 5.74) is 1.11. The van der Waals surface area contributed by atoms with E-state index in [4.69, 9.17) is 18.9 Å². The van der Waals surface area contributed by atoms with Gasteiger partial charge in [-0.1, -0.05) is 30.3 Å². The lowest BCUT2D eigenvalue weighted by Crippen LogP contribution is -2.40. The molecule has 32 heavy (non-hydrogen) atoms. The molecule has 170 valence electrons. The lowest BCUT2D eigenvalue weighted by atomic mass is 10.1. The number of hydrogen-bond acceptors (Lipinski definition) is 7. The van der Waals surface area contributed by atoms with E-state index in [-0.39, 0.29) is 36.6 Å². The number of benzene rings is 2. The topological polar surface area (TPSA) is 112 Å². The molecule has 0 spiro atoms. The van der Waals surface area contributed by atoms with Crippen LogP contribution in [-0.4, -0.2) is 60.8 Å². The van der Waals surface area contributed by atoms with Gasteiger partial charge in [0.15, 0.2) is 11.5 Å². The highest BCUT2D eigenvalue weighted by Gasteiger charge is 2.41. The fourth-order valence-electron chi connectivity index (χ4n) is 3.62. The highest BCUT2D eigenvalue weighted by atomic mass is 16.5. The van der Waals surface area contributed by atoms with Gasteiger partial charge in [-0.25, -0.2) is 4.79 Å². The second kappa shape index (κ2) is 10.0. The van der Waals surface area contributed by atoms with E-state index in [9.17, 15) is 19.5 Å². The van der Waals surface area contributed by atoms with Crippen LogP contribution in [0.15, 0.2) is 42.5 Å². The Bertz CT molecular complexity index is 966. The monoisotopic (exact) mass is 443 g/mol. The molecular weight excluding hydrogens is 418 g/mol. The quantitative estimate of drug-likeness (QED) is 0.620. The van der Waals surface area contributed by atoms with Crippen molar-refractivity contribution in [3.63, 3.8) is 0 Å². The van der Waals surface area contributed by atoms with E-state index in [0.717, 1.165) is 5.56 Å². The third-order valence-electron chi connectivity index (χ3n) is 5.07. The largest absolute Gasteiger partial charge is 0.493 e. The number of nitrogens with zero attached hydrogens (tertiary/aromatic N) is 1.